The minimum absolute atomic E-state index is 0.0732. The summed E-state index contributed by atoms with van der Waals surface area (Å²) in [5.41, 5.74) is 20.5. The number of nitrogens with zero attached hydrogens (tertiary/aromatic N) is 2. The molecule has 0 unspecified atom stereocenters. The zero-order valence-corrected chi connectivity index (χ0v) is 40.0. The van der Waals surface area contributed by atoms with E-state index in [9.17, 15) is 0 Å². The summed E-state index contributed by atoms with van der Waals surface area (Å²) >= 11 is 0. The Kier molecular flexibility index (Phi) is 9.40. The van der Waals surface area contributed by atoms with E-state index < -0.39 is 0 Å². The van der Waals surface area contributed by atoms with Crippen LogP contribution >= 0.6 is 0 Å². The first-order valence-corrected chi connectivity index (χ1v) is 25.4. The molecule has 0 saturated carbocycles. The molecule has 0 amide bonds. The molecule has 338 valence electrons. The van der Waals surface area contributed by atoms with Crippen LogP contribution < -0.4 is 26.2 Å². The van der Waals surface area contributed by atoms with E-state index in [1.54, 1.807) is 0 Å². The summed E-state index contributed by atoms with van der Waals surface area (Å²) in [4.78, 5) is 5.18. The van der Waals surface area contributed by atoms with Gasteiger partial charge < -0.3 is 9.80 Å². The molecule has 0 spiro atoms. The van der Waals surface area contributed by atoms with Crippen molar-refractivity contribution < 1.29 is 0 Å². The Morgan fingerprint density at radius 3 is 0.973 bits per heavy atom. The van der Waals surface area contributed by atoms with E-state index in [0.29, 0.717) is 0 Å². The second kappa shape index (κ2) is 16.6. The van der Waals surface area contributed by atoms with Crippen LogP contribution in [0.15, 0.2) is 273 Å². The van der Waals surface area contributed by atoms with Gasteiger partial charge in [-0.1, -0.05) is 237 Å². The van der Waals surface area contributed by atoms with Crippen LogP contribution in [0.3, 0.4) is 0 Å². The van der Waals surface area contributed by atoms with E-state index in [1.807, 2.05) is 0 Å². The van der Waals surface area contributed by atoms with Crippen molar-refractivity contribution in [3.63, 3.8) is 0 Å². The van der Waals surface area contributed by atoms with Gasteiger partial charge in [-0.3, -0.25) is 0 Å². The Bertz CT molecular complexity index is 4050. The lowest BCUT2D eigenvalue weighted by Crippen LogP contribution is -2.61. The van der Waals surface area contributed by atoms with E-state index in [0.717, 1.165) is 16.9 Å². The number of rotatable bonds is 6. The minimum atomic E-state index is -0.0732. The lowest BCUT2D eigenvalue weighted by Gasteiger charge is -2.45. The summed E-state index contributed by atoms with van der Waals surface area (Å²) in [5, 5.41) is 9.97. The van der Waals surface area contributed by atoms with Crippen molar-refractivity contribution >= 4 is 100 Å². The first-order valence-electron chi connectivity index (χ1n) is 25.4. The fourth-order valence-electron chi connectivity index (χ4n) is 12.2. The molecule has 0 N–H and O–H groups in total. The van der Waals surface area contributed by atoms with Gasteiger partial charge in [0.05, 0.1) is 0 Å². The number of benzene rings is 13. The standard InChI is InChI=1S/C70H45BN2/c1-4-14-46(15-5-1)49-24-26-52(27-25-49)55-44-66-68-67(45-55)73(57-36-30-51(31-37-57)48-18-8-3-9-19-48)70-63-39-33-54-21-11-13-23-59(54)61(63)41-43-65(70)71(68)64-42-40-60-58-22-12-10-20-53(58)32-38-62(60)69(64)72(66)56-34-28-50(29-35-56)47-16-6-2-7-17-47/h1-45H. The summed E-state index contributed by atoms with van der Waals surface area (Å²) in [6.45, 7) is -0.0732. The number of fused-ring (bicyclic) bond motifs is 12. The van der Waals surface area contributed by atoms with Crippen LogP contribution in [0.25, 0.3) is 87.6 Å². The van der Waals surface area contributed by atoms with Crippen molar-refractivity contribution in [1.29, 1.82) is 0 Å². The largest absolute Gasteiger partial charge is 0.311 e. The second-order valence-corrected chi connectivity index (χ2v) is 19.6. The molecule has 0 fully saturated rings. The molecule has 2 aliphatic rings. The monoisotopic (exact) mass is 924 g/mol. The highest BCUT2D eigenvalue weighted by molar-refractivity contribution is 7.01. The molecule has 0 aliphatic carbocycles. The summed E-state index contributed by atoms with van der Waals surface area (Å²) < 4.78 is 0. The van der Waals surface area contributed by atoms with Crippen LogP contribution in [0.2, 0.25) is 0 Å². The molecule has 73 heavy (non-hydrogen) atoms. The smallest absolute Gasteiger partial charge is 0.252 e. The van der Waals surface area contributed by atoms with Crippen LogP contribution in [0.1, 0.15) is 0 Å². The maximum atomic E-state index is 2.59. The Labute approximate surface area is 425 Å². The third-order valence-electron chi connectivity index (χ3n) is 15.6. The first-order chi connectivity index (χ1) is 36.2. The number of anilines is 6. The fraction of sp³-hybridized carbons (Fsp3) is 0. The Balaban J connectivity index is 1.06. The Morgan fingerprint density at radius 2 is 0.562 bits per heavy atom. The molecule has 2 aliphatic heterocycles. The van der Waals surface area contributed by atoms with Gasteiger partial charge in [-0.05, 0) is 130 Å². The van der Waals surface area contributed by atoms with E-state index in [4.69, 9.17) is 0 Å². The van der Waals surface area contributed by atoms with Crippen molar-refractivity contribution in [2.24, 2.45) is 0 Å². The Morgan fingerprint density at radius 1 is 0.233 bits per heavy atom. The molecule has 0 aromatic heterocycles. The summed E-state index contributed by atoms with van der Waals surface area (Å²) in [6, 6.07) is 101. The lowest BCUT2D eigenvalue weighted by molar-refractivity contribution is 1.27. The van der Waals surface area contributed by atoms with Gasteiger partial charge in [0.1, 0.15) is 0 Å². The van der Waals surface area contributed by atoms with Crippen molar-refractivity contribution in [2.45, 2.75) is 0 Å². The van der Waals surface area contributed by atoms with Gasteiger partial charge in [-0.15, -0.1) is 0 Å². The van der Waals surface area contributed by atoms with Gasteiger partial charge in [-0.2, -0.15) is 0 Å². The molecule has 0 radical (unpaired) electrons. The molecule has 15 rings (SSSR count). The molecule has 13 aromatic carbocycles. The van der Waals surface area contributed by atoms with E-state index in [-0.39, 0.29) is 6.71 Å². The molecule has 0 atom stereocenters. The molecule has 2 nitrogen and oxygen atoms in total. The van der Waals surface area contributed by atoms with Gasteiger partial charge in [0, 0.05) is 44.9 Å². The molecule has 13 aromatic rings. The minimum Gasteiger partial charge on any atom is -0.311 e. The predicted octanol–water partition coefficient (Wildman–Crippen LogP) is 17.0. The van der Waals surface area contributed by atoms with Gasteiger partial charge in [-0.25, -0.2) is 0 Å². The lowest BCUT2D eigenvalue weighted by atomic mass is 9.33. The van der Waals surface area contributed by atoms with E-state index in [2.05, 4.69) is 283 Å². The molecule has 2 heterocycles. The second-order valence-electron chi connectivity index (χ2n) is 19.6. The predicted molar refractivity (Wildman–Crippen MR) is 312 cm³/mol. The highest BCUT2D eigenvalue weighted by Crippen LogP contribution is 2.50. The topological polar surface area (TPSA) is 6.48 Å². The molecule has 0 saturated heterocycles. The third-order valence-corrected chi connectivity index (χ3v) is 15.6. The zero-order valence-electron chi connectivity index (χ0n) is 40.0. The average molecular weight is 925 g/mol. The van der Waals surface area contributed by atoms with Crippen LogP contribution in [0.4, 0.5) is 34.1 Å². The Hall–Kier alpha value is -9.44. The van der Waals surface area contributed by atoms with Gasteiger partial charge in [0.25, 0.3) is 6.71 Å². The normalized spacial score (nSPS) is 12.6. The maximum absolute atomic E-state index is 2.59. The molecular formula is C70H45BN2. The highest BCUT2D eigenvalue weighted by Gasteiger charge is 2.45. The van der Waals surface area contributed by atoms with E-state index in [1.165, 1.54) is 121 Å². The SMILES string of the molecule is c1ccc(-c2ccc(-c3cc4c5c(c3)N(c3ccc(-c6ccccc6)cc3)c3c(ccc6c3ccc3ccccc36)B5c3ccc5c(ccc6ccccc65)c3N4c3ccc(-c4ccccc4)cc3)cc2)cc1. The average Bonchev–Trinajstić information content (AvgIpc) is 3.47. The van der Waals surface area contributed by atoms with Crippen LogP contribution in [-0.4, -0.2) is 6.71 Å². The van der Waals surface area contributed by atoms with E-state index >= 15 is 0 Å². The van der Waals surface area contributed by atoms with Crippen molar-refractivity contribution in [1.82, 2.24) is 0 Å². The zero-order chi connectivity index (χ0) is 48.0. The number of hydrogen-bond donors (Lipinski definition) is 0. The van der Waals surface area contributed by atoms with Crippen LogP contribution in [0, 0.1) is 0 Å². The molecule has 0 bridgehead atoms. The summed E-state index contributed by atoms with van der Waals surface area (Å²) in [6.07, 6.45) is 0. The number of hydrogen-bond acceptors (Lipinski definition) is 2. The third kappa shape index (κ3) is 6.59. The van der Waals surface area contributed by atoms with Crippen LogP contribution in [-0.2, 0) is 0 Å². The van der Waals surface area contributed by atoms with Gasteiger partial charge >= 0.3 is 0 Å². The van der Waals surface area contributed by atoms with Crippen molar-refractivity contribution in [3.05, 3.63) is 273 Å². The summed E-state index contributed by atoms with van der Waals surface area (Å²) in [7, 11) is 0. The summed E-state index contributed by atoms with van der Waals surface area (Å²) in [5.74, 6) is 0. The molecule has 3 heteroatoms. The highest BCUT2D eigenvalue weighted by atomic mass is 15.2. The van der Waals surface area contributed by atoms with Crippen LogP contribution in [0.5, 0.6) is 0 Å². The maximum Gasteiger partial charge on any atom is 0.252 e. The quantitative estimate of drug-likeness (QED) is 0.121. The fourth-order valence-corrected chi connectivity index (χ4v) is 12.2. The van der Waals surface area contributed by atoms with Gasteiger partial charge in [0.2, 0.25) is 0 Å². The van der Waals surface area contributed by atoms with Crippen molar-refractivity contribution in [2.75, 3.05) is 9.80 Å². The van der Waals surface area contributed by atoms with Crippen molar-refractivity contribution in [3.8, 4) is 44.5 Å². The first kappa shape index (κ1) is 41.4. The van der Waals surface area contributed by atoms with Gasteiger partial charge in [0.15, 0.2) is 0 Å². The molecular weight excluding hydrogens is 880 g/mol.